The van der Waals surface area contributed by atoms with Crippen LogP contribution in [0, 0.1) is 11.8 Å². The molecule has 3 fully saturated rings. The molecule has 0 aromatic rings. The molecule has 3 aliphatic rings. The molecule has 3 rings (SSSR count). The van der Waals surface area contributed by atoms with Crippen LogP contribution in [0.25, 0.3) is 0 Å². The summed E-state index contributed by atoms with van der Waals surface area (Å²) < 4.78 is 0. The molecular weight excluding hydrogens is 476 g/mol. The van der Waals surface area contributed by atoms with Gasteiger partial charge in [0.2, 0.25) is 0 Å². The minimum atomic E-state index is 0.731. The van der Waals surface area contributed by atoms with Crippen molar-refractivity contribution in [3.8, 4) is 0 Å². The Morgan fingerprint density at radius 3 is 1.26 bits per heavy atom. The van der Waals surface area contributed by atoms with E-state index in [1.807, 2.05) is 41.5 Å². The predicted octanol–water partition coefficient (Wildman–Crippen LogP) is 9.14. The zero-order chi connectivity index (χ0) is 30.8. The summed E-state index contributed by atoms with van der Waals surface area (Å²) in [5.41, 5.74) is 0. The zero-order valence-electron chi connectivity index (χ0n) is 30.3. The van der Waals surface area contributed by atoms with Gasteiger partial charge in [-0.2, -0.15) is 0 Å². The third-order valence-corrected chi connectivity index (χ3v) is 8.40. The Hall–Kier alpha value is -0.160. The lowest BCUT2D eigenvalue weighted by atomic mass is 9.94. The van der Waals surface area contributed by atoms with Crippen LogP contribution in [0.1, 0.15) is 142 Å². The molecule has 0 aromatic carbocycles. The summed E-state index contributed by atoms with van der Waals surface area (Å²) in [5, 5.41) is 0. The molecule has 0 aliphatic carbocycles. The molecule has 4 heteroatoms. The summed E-state index contributed by atoms with van der Waals surface area (Å²) in [6, 6.07) is 2.24. The Bertz CT molecular complexity index is 422. The van der Waals surface area contributed by atoms with Crippen molar-refractivity contribution in [2.24, 2.45) is 11.8 Å². The summed E-state index contributed by atoms with van der Waals surface area (Å²) >= 11 is 0. The molecule has 0 spiro atoms. The van der Waals surface area contributed by atoms with Crippen LogP contribution in [-0.2, 0) is 0 Å². The van der Waals surface area contributed by atoms with Gasteiger partial charge in [-0.1, -0.05) is 75.2 Å². The lowest BCUT2D eigenvalue weighted by Crippen LogP contribution is -2.48. The van der Waals surface area contributed by atoms with Crippen LogP contribution >= 0.6 is 0 Å². The predicted molar refractivity (Wildman–Crippen MR) is 182 cm³/mol. The second kappa shape index (κ2) is 29.3. The standard InChI is InChI=1S/2C10H21N.C9H20N2.3C2H6/c1-4-10-5-7-11(8-6-10)9(2)3;1-4-10-6-5-7-11(8-10)9(2)3;1-4-10-5-7-11(8-6-10)9(2)3;3*1-2/h2*9-10H,4-8H2,1-3H3;9H,4-8H2,1-3H3;3*1-2H3. The molecule has 0 radical (unpaired) electrons. The van der Waals surface area contributed by atoms with Crippen molar-refractivity contribution in [3.05, 3.63) is 0 Å². The second-order valence-corrected chi connectivity index (χ2v) is 11.6. The van der Waals surface area contributed by atoms with Crippen LogP contribution in [0.3, 0.4) is 0 Å². The highest BCUT2D eigenvalue weighted by Crippen LogP contribution is 2.21. The van der Waals surface area contributed by atoms with E-state index in [0.717, 1.165) is 30.0 Å². The molecule has 240 valence electrons. The van der Waals surface area contributed by atoms with Crippen LogP contribution < -0.4 is 0 Å². The van der Waals surface area contributed by atoms with E-state index in [2.05, 4.69) is 81.9 Å². The highest BCUT2D eigenvalue weighted by molar-refractivity contribution is 4.75. The minimum Gasteiger partial charge on any atom is -0.301 e. The number of likely N-dealkylation sites (tertiary alicyclic amines) is 2. The van der Waals surface area contributed by atoms with Gasteiger partial charge in [0.15, 0.2) is 0 Å². The maximum absolute atomic E-state index is 2.61. The quantitative estimate of drug-likeness (QED) is 0.323. The average Bonchev–Trinajstić information content (AvgIpc) is 3.00. The van der Waals surface area contributed by atoms with Gasteiger partial charge in [-0.05, 0) is 105 Å². The Balaban J connectivity index is -0.000000453. The highest BCUT2D eigenvalue weighted by Gasteiger charge is 2.20. The van der Waals surface area contributed by atoms with Gasteiger partial charge in [0.25, 0.3) is 0 Å². The van der Waals surface area contributed by atoms with E-state index in [1.165, 1.54) is 97.4 Å². The summed E-state index contributed by atoms with van der Waals surface area (Å²) in [6.07, 6.45) is 8.47. The molecule has 39 heavy (non-hydrogen) atoms. The third kappa shape index (κ3) is 21.2. The third-order valence-electron chi connectivity index (χ3n) is 8.40. The van der Waals surface area contributed by atoms with Crippen LogP contribution in [0.4, 0.5) is 0 Å². The van der Waals surface area contributed by atoms with E-state index in [4.69, 9.17) is 0 Å². The maximum atomic E-state index is 2.61. The molecule has 0 amide bonds. The lowest BCUT2D eigenvalue weighted by Gasteiger charge is -2.36. The van der Waals surface area contributed by atoms with Gasteiger partial charge in [-0.3, -0.25) is 4.90 Å². The first-order valence-corrected chi connectivity index (χ1v) is 17.7. The van der Waals surface area contributed by atoms with Crippen LogP contribution in [-0.4, -0.2) is 96.6 Å². The Kier molecular flexibility index (Phi) is 32.6. The summed E-state index contributed by atoms with van der Waals surface area (Å²) in [7, 11) is 0. The van der Waals surface area contributed by atoms with Gasteiger partial charge in [-0.15, -0.1) is 0 Å². The fourth-order valence-corrected chi connectivity index (χ4v) is 5.37. The molecule has 3 aliphatic heterocycles. The Morgan fingerprint density at radius 2 is 0.897 bits per heavy atom. The van der Waals surface area contributed by atoms with E-state index in [0.29, 0.717) is 0 Å². The monoisotopic (exact) mass is 557 g/mol. The average molecular weight is 557 g/mol. The van der Waals surface area contributed by atoms with E-state index in [1.54, 1.807) is 0 Å². The topological polar surface area (TPSA) is 13.0 Å². The van der Waals surface area contributed by atoms with Crippen molar-refractivity contribution in [3.63, 3.8) is 0 Å². The number of rotatable bonds is 6. The van der Waals surface area contributed by atoms with Crippen molar-refractivity contribution in [2.45, 2.75) is 161 Å². The SMILES string of the molecule is CC.CC.CC.CCC1CCCN(C(C)C)C1.CCC1CCN(C(C)C)CC1.CCN1CCN(C(C)C)CC1. The lowest BCUT2D eigenvalue weighted by molar-refractivity contribution is 0.112. The van der Waals surface area contributed by atoms with Crippen LogP contribution in [0.15, 0.2) is 0 Å². The minimum absolute atomic E-state index is 0.731. The van der Waals surface area contributed by atoms with Crippen molar-refractivity contribution in [1.82, 2.24) is 19.6 Å². The largest absolute Gasteiger partial charge is 0.301 e. The molecule has 4 nitrogen and oxygen atoms in total. The zero-order valence-corrected chi connectivity index (χ0v) is 30.3. The highest BCUT2D eigenvalue weighted by atomic mass is 15.3. The Labute approximate surface area is 250 Å². The van der Waals surface area contributed by atoms with Crippen molar-refractivity contribution in [1.29, 1.82) is 0 Å². The van der Waals surface area contributed by atoms with Crippen LogP contribution in [0.2, 0.25) is 0 Å². The number of piperidine rings is 2. The molecule has 0 saturated carbocycles. The maximum Gasteiger partial charge on any atom is 0.0113 e. The first-order valence-electron chi connectivity index (χ1n) is 17.7. The molecular formula is C35H80N4. The number of nitrogens with zero attached hydrogens (tertiary/aromatic N) is 4. The number of hydrogen-bond acceptors (Lipinski definition) is 4. The molecule has 1 unspecified atom stereocenters. The number of hydrogen-bond donors (Lipinski definition) is 0. The second-order valence-electron chi connectivity index (χ2n) is 11.6. The molecule has 0 N–H and O–H groups in total. The first-order chi connectivity index (χ1) is 18.7. The van der Waals surface area contributed by atoms with Gasteiger partial charge in [0, 0.05) is 50.8 Å². The van der Waals surface area contributed by atoms with E-state index >= 15 is 0 Å². The molecule has 0 aromatic heterocycles. The molecule has 3 heterocycles. The molecule has 3 saturated heterocycles. The van der Waals surface area contributed by atoms with Gasteiger partial charge in [0.05, 0.1) is 0 Å². The van der Waals surface area contributed by atoms with Gasteiger partial charge in [0.1, 0.15) is 0 Å². The molecule has 0 bridgehead atoms. The summed E-state index contributed by atoms with van der Waals surface area (Å²) in [5.74, 6) is 2.00. The van der Waals surface area contributed by atoms with Crippen molar-refractivity contribution >= 4 is 0 Å². The van der Waals surface area contributed by atoms with E-state index < -0.39 is 0 Å². The summed E-state index contributed by atoms with van der Waals surface area (Å²) in [6.45, 7) is 44.2. The number of likely N-dealkylation sites (N-methyl/N-ethyl adjacent to an activating group) is 1. The normalized spacial score (nSPS) is 21.2. The van der Waals surface area contributed by atoms with Gasteiger partial charge < -0.3 is 14.7 Å². The van der Waals surface area contributed by atoms with Gasteiger partial charge in [-0.25, -0.2) is 0 Å². The first kappa shape index (κ1) is 43.3. The van der Waals surface area contributed by atoms with Crippen molar-refractivity contribution in [2.75, 3.05) is 58.9 Å². The number of piperazine rings is 1. The van der Waals surface area contributed by atoms with Crippen LogP contribution in [0.5, 0.6) is 0 Å². The fraction of sp³-hybridized carbons (Fsp3) is 1.00. The van der Waals surface area contributed by atoms with E-state index in [-0.39, 0.29) is 0 Å². The fourth-order valence-electron chi connectivity index (χ4n) is 5.37. The smallest absolute Gasteiger partial charge is 0.0113 e. The Morgan fingerprint density at radius 1 is 0.487 bits per heavy atom. The van der Waals surface area contributed by atoms with E-state index in [9.17, 15) is 0 Å². The molecule has 1 atom stereocenters. The summed E-state index contributed by atoms with van der Waals surface area (Å²) in [4.78, 5) is 10.3. The van der Waals surface area contributed by atoms with Gasteiger partial charge >= 0.3 is 0 Å². The van der Waals surface area contributed by atoms with Crippen molar-refractivity contribution < 1.29 is 0 Å².